The van der Waals surface area contributed by atoms with Gasteiger partial charge in [-0.05, 0) is 23.2 Å². The lowest BCUT2D eigenvalue weighted by Gasteiger charge is -2.04. The predicted molar refractivity (Wildman–Crippen MR) is 56.8 cm³/mol. The van der Waals surface area contributed by atoms with Crippen molar-refractivity contribution in [2.45, 2.75) is 6.54 Å². The van der Waals surface area contributed by atoms with E-state index in [9.17, 15) is 13.2 Å². The third kappa shape index (κ3) is 5.58. The molecule has 0 aliphatic carbocycles. The summed E-state index contributed by atoms with van der Waals surface area (Å²) < 4.78 is 30.1. The van der Waals surface area contributed by atoms with E-state index < -0.39 is 16.3 Å². The van der Waals surface area contributed by atoms with Gasteiger partial charge in [0.2, 0.25) is 10.6 Å². The number of amides is 2. The molecule has 17 heavy (non-hydrogen) atoms. The van der Waals surface area contributed by atoms with Crippen LogP contribution in [0.25, 0.3) is 0 Å². The van der Waals surface area contributed by atoms with Gasteiger partial charge in [0.05, 0.1) is 6.54 Å². The molecule has 0 aliphatic rings. The lowest BCUT2D eigenvalue weighted by atomic mass is 10.6. The Morgan fingerprint density at radius 3 is 2.24 bits per heavy atom. The monoisotopic (exact) mass is 301 g/mol. The first kappa shape index (κ1) is 13.8. The molecule has 0 aliphatic heterocycles. The Hall–Kier alpha value is -1.23. The first-order valence-electron chi connectivity index (χ1n) is 3.85. The fourth-order valence-corrected chi connectivity index (χ4v) is 1.46. The van der Waals surface area contributed by atoms with Crippen LogP contribution in [0, 0.1) is 0 Å². The SMILES string of the molecule is O=C(NCc1nc(Cl)nc(Cl)n1)NS(=O)(=O)O. The molecule has 94 valence electrons. The van der Waals surface area contributed by atoms with Crippen LogP contribution in [0.1, 0.15) is 5.82 Å². The van der Waals surface area contributed by atoms with Crippen LogP contribution >= 0.6 is 23.2 Å². The molecule has 2 amide bonds. The first-order valence-corrected chi connectivity index (χ1v) is 6.05. The van der Waals surface area contributed by atoms with E-state index in [0.29, 0.717) is 0 Å². The summed E-state index contributed by atoms with van der Waals surface area (Å²) in [4.78, 5) is 21.6. The molecule has 0 bridgehead atoms. The molecule has 0 spiro atoms. The summed E-state index contributed by atoms with van der Waals surface area (Å²) in [6.07, 6.45) is 0. The fourth-order valence-electron chi connectivity index (χ4n) is 0.756. The molecule has 12 heteroatoms. The Morgan fingerprint density at radius 2 is 1.76 bits per heavy atom. The summed E-state index contributed by atoms with van der Waals surface area (Å²) in [7, 11) is -4.61. The highest BCUT2D eigenvalue weighted by molar-refractivity contribution is 7.84. The topological polar surface area (TPSA) is 134 Å². The molecule has 0 saturated heterocycles. The zero-order valence-corrected chi connectivity index (χ0v) is 10.2. The van der Waals surface area contributed by atoms with Crippen molar-refractivity contribution in [3.63, 3.8) is 0 Å². The maximum Gasteiger partial charge on any atom is 0.361 e. The number of aromatic nitrogens is 3. The summed E-state index contributed by atoms with van der Waals surface area (Å²) in [6, 6.07) is -1.15. The van der Waals surface area contributed by atoms with E-state index in [0.717, 1.165) is 0 Å². The van der Waals surface area contributed by atoms with Gasteiger partial charge < -0.3 is 5.32 Å². The zero-order chi connectivity index (χ0) is 13.1. The van der Waals surface area contributed by atoms with Gasteiger partial charge in [-0.25, -0.2) is 19.5 Å². The molecule has 0 fully saturated rings. The van der Waals surface area contributed by atoms with Crippen molar-refractivity contribution >= 4 is 39.5 Å². The van der Waals surface area contributed by atoms with Gasteiger partial charge in [-0.2, -0.15) is 13.4 Å². The number of nitrogens with one attached hydrogen (secondary N) is 2. The molecule has 0 saturated carbocycles. The molecular formula is C5H5Cl2N5O4S. The van der Waals surface area contributed by atoms with Crippen molar-refractivity contribution in [1.82, 2.24) is 25.0 Å². The van der Waals surface area contributed by atoms with Crippen LogP contribution in [0.2, 0.25) is 10.6 Å². The second-order valence-electron chi connectivity index (χ2n) is 2.55. The van der Waals surface area contributed by atoms with Crippen LogP contribution in [0.3, 0.4) is 0 Å². The van der Waals surface area contributed by atoms with E-state index in [4.69, 9.17) is 27.8 Å². The molecular weight excluding hydrogens is 297 g/mol. The van der Waals surface area contributed by atoms with Gasteiger partial charge in [-0.1, -0.05) is 0 Å². The van der Waals surface area contributed by atoms with Gasteiger partial charge >= 0.3 is 16.3 Å². The maximum atomic E-state index is 10.9. The summed E-state index contributed by atoms with van der Waals surface area (Å²) in [5.74, 6) is 0.0282. The molecule has 1 rings (SSSR count). The first-order chi connectivity index (χ1) is 7.76. The molecule has 1 aromatic heterocycles. The van der Waals surface area contributed by atoms with E-state index in [1.165, 1.54) is 4.72 Å². The van der Waals surface area contributed by atoms with E-state index in [1.54, 1.807) is 0 Å². The number of nitrogens with zero attached hydrogens (tertiary/aromatic N) is 3. The average Bonchev–Trinajstić information content (AvgIpc) is 2.10. The summed E-state index contributed by atoms with van der Waals surface area (Å²) in [5.41, 5.74) is 0. The van der Waals surface area contributed by atoms with Gasteiger partial charge in [-0.3, -0.25) is 4.55 Å². The van der Waals surface area contributed by atoms with Gasteiger partial charge in [-0.15, -0.1) is 0 Å². The minimum Gasteiger partial charge on any atom is -0.330 e. The number of halogens is 2. The normalized spacial score (nSPS) is 11.0. The van der Waals surface area contributed by atoms with Crippen LogP contribution in [-0.2, 0) is 16.8 Å². The van der Waals surface area contributed by atoms with Crippen LogP contribution in [0.5, 0.6) is 0 Å². The molecule has 0 radical (unpaired) electrons. The number of carbonyl (C=O) groups excluding carboxylic acids is 1. The number of urea groups is 1. The van der Waals surface area contributed by atoms with E-state index in [2.05, 4.69) is 20.3 Å². The van der Waals surface area contributed by atoms with Gasteiger partial charge in [0.15, 0.2) is 5.82 Å². The standard InChI is InChI=1S/C5H5Cl2N5O4S/c6-3-9-2(10-4(7)11-3)1-8-5(13)12-17(14,15)16/h1H2,(H2,8,12,13)(H,14,15,16). The second kappa shape index (κ2) is 5.40. The number of hydrogen-bond donors (Lipinski definition) is 3. The Labute approximate surface area is 105 Å². The number of rotatable bonds is 3. The summed E-state index contributed by atoms with van der Waals surface area (Å²) in [6.45, 7) is -0.247. The maximum absolute atomic E-state index is 10.9. The van der Waals surface area contributed by atoms with Gasteiger partial charge in [0.25, 0.3) is 0 Å². The predicted octanol–water partition coefficient (Wildman–Crippen LogP) is -0.220. The van der Waals surface area contributed by atoms with Crippen LogP contribution in [0.15, 0.2) is 0 Å². The van der Waals surface area contributed by atoms with Crippen LogP contribution in [-0.4, -0.2) is 34.0 Å². The van der Waals surface area contributed by atoms with Gasteiger partial charge in [0.1, 0.15) is 0 Å². The minimum absolute atomic E-state index is 0.0282. The Kier molecular flexibility index (Phi) is 4.40. The molecule has 9 nitrogen and oxygen atoms in total. The highest BCUT2D eigenvalue weighted by Crippen LogP contribution is 2.05. The third-order valence-corrected chi connectivity index (χ3v) is 2.04. The van der Waals surface area contributed by atoms with Crippen molar-refractivity contribution < 1.29 is 17.8 Å². The van der Waals surface area contributed by atoms with Gasteiger partial charge in [0, 0.05) is 0 Å². The van der Waals surface area contributed by atoms with E-state index in [1.807, 2.05) is 0 Å². The summed E-state index contributed by atoms with van der Waals surface area (Å²) in [5, 5.41) is 1.71. The number of carbonyl (C=O) groups is 1. The Bertz CT molecular complexity index is 515. The molecule has 0 atom stereocenters. The Morgan fingerprint density at radius 1 is 1.24 bits per heavy atom. The lowest BCUT2D eigenvalue weighted by Crippen LogP contribution is -2.38. The third-order valence-electron chi connectivity index (χ3n) is 1.26. The molecule has 0 aromatic carbocycles. The smallest absolute Gasteiger partial charge is 0.330 e. The number of hydrogen-bond acceptors (Lipinski definition) is 6. The quantitative estimate of drug-likeness (QED) is 0.657. The van der Waals surface area contributed by atoms with Crippen LogP contribution < -0.4 is 10.0 Å². The Balaban J connectivity index is 2.59. The van der Waals surface area contributed by atoms with Crippen molar-refractivity contribution in [1.29, 1.82) is 0 Å². The molecule has 1 aromatic rings. The minimum atomic E-state index is -4.61. The fraction of sp³-hybridized carbons (Fsp3) is 0.200. The second-order valence-corrected chi connectivity index (χ2v) is 4.38. The largest absolute Gasteiger partial charge is 0.361 e. The molecule has 0 unspecified atom stereocenters. The van der Waals surface area contributed by atoms with Crippen molar-refractivity contribution in [2.24, 2.45) is 0 Å². The van der Waals surface area contributed by atoms with Crippen molar-refractivity contribution in [3.05, 3.63) is 16.4 Å². The van der Waals surface area contributed by atoms with E-state index >= 15 is 0 Å². The molecule has 3 N–H and O–H groups in total. The zero-order valence-electron chi connectivity index (χ0n) is 7.88. The van der Waals surface area contributed by atoms with Crippen LogP contribution in [0.4, 0.5) is 4.79 Å². The average molecular weight is 302 g/mol. The summed E-state index contributed by atoms with van der Waals surface area (Å²) >= 11 is 10.9. The lowest BCUT2D eigenvalue weighted by molar-refractivity contribution is 0.244. The van der Waals surface area contributed by atoms with Crippen molar-refractivity contribution in [2.75, 3.05) is 0 Å². The van der Waals surface area contributed by atoms with Crippen molar-refractivity contribution in [3.8, 4) is 0 Å². The highest BCUT2D eigenvalue weighted by Gasteiger charge is 2.10. The van der Waals surface area contributed by atoms with E-state index in [-0.39, 0.29) is 22.9 Å². The molecule has 1 heterocycles. The highest BCUT2D eigenvalue weighted by atomic mass is 35.5.